The number of halogens is 4. The van der Waals surface area contributed by atoms with Crippen molar-refractivity contribution in [2.75, 3.05) is 33.4 Å². The molecule has 6 heterocycles. The molecule has 12 nitrogen and oxygen atoms in total. The number of thiophene rings is 2. The summed E-state index contributed by atoms with van der Waals surface area (Å²) in [5.74, 6) is 1.09. The van der Waals surface area contributed by atoms with Gasteiger partial charge in [-0.3, -0.25) is 4.55 Å². The number of hydrogen-bond acceptors (Lipinski definition) is 11. The van der Waals surface area contributed by atoms with Crippen molar-refractivity contribution in [1.82, 2.24) is 24.5 Å². The summed E-state index contributed by atoms with van der Waals surface area (Å²) in [5.41, 5.74) is 5.39. The van der Waals surface area contributed by atoms with Crippen LogP contribution >= 0.6 is 69.1 Å². The Labute approximate surface area is 375 Å². The zero-order valence-electron chi connectivity index (χ0n) is 32.3. The maximum Gasteiger partial charge on any atom is 0.304 e. The highest BCUT2D eigenvalue weighted by atomic mass is 35.5. The topological polar surface area (TPSA) is 152 Å². The number of aliphatic hydroxyl groups excluding tert-OH is 2. The average molecular weight is 954 g/mol. The van der Waals surface area contributed by atoms with Crippen LogP contribution in [0.1, 0.15) is 73.2 Å². The minimum Gasteiger partial charge on any atom is -0.492 e. The predicted octanol–water partition coefficient (Wildman–Crippen LogP) is 10.3. The summed E-state index contributed by atoms with van der Waals surface area (Å²) in [6.07, 6.45) is 3.57. The molecule has 2 unspecified atom stereocenters. The molecule has 0 saturated carbocycles. The van der Waals surface area contributed by atoms with Crippen molar-refractivity contribution in [3.63, 3.8) is 0 Å². The highest BCUT2D eigenvalue weighted by Gasteiger charge is 2.33. The lowest BCUT2D eigenvalue weighted by Crippen LogP contribution is -2.21. The van der Waals surface area contributed by atoms with E-state index in [1.54, 1.807) is 46.4 Å². The van der Waals surface area contributed by atoms with Crippen LogP contribution in [0.15, 0.2) is 58.1 Å². The number of hydrogen-bond donors (Lipinski definition) is 3. The molecule has 60 heavy (non-hydrogen) atoms. The normalized spacial score (nSPS) is 14.7. The first-order valence-corrected chi connectivity index (χ1v) is 24.1. The minimum atomic E-state index is -4.49. The molecule has 2 aromatic carbocycles. The van der Waals surface area contributed by atoms with Crippen molar-refractivity contribution in [3.05, 3.63) is 96.5 Å². The van der Waals surface area contributed by atoms with E-state index in [0.29, 0.717) is 91.5 Å². The summed E-state index contributed by atoms with van der Waals surface area (Å²) < 4.78 is 49.1. The Kier molecular flexibility index (Phi) is 13.2. The van der Waals surface area contributed by atoms with Crippen LogP contribution in [0.2, 0.25) is 20.1 Å². The van der Waals surface area contributed by atoms with Crippen molar-refractivity contribution in [2.24, 2.45) is 0 Å². The molecule has 0 spiro atoms. The van der Waals surface area contributed by atoms with Gasteiger partial charge in [-0.2, -0.15) is 18.6 Å². The van der Waals surface area contributed by atoms with Crippen molar-refractivity contribution >= 4 is 79.2 Å². The molecule has 6 aromatic rings. The van der Waals surface area contributed by atoms with Gasteiger partial charge in [0, 0.05) is 40.1 Å². The van der Waals surface area contributed by atoms with Gasteiger partial charge in [0.25, 0.3) is 0 Å². The van der Waals surface area contributed by atoms with Crippen LogP contribution in [-0.2, 0) is 23.0 Å². The summed E-state index contributed by atoms with van der Waals surface area (Å²) >= 11 is 28.1. The summed E-state index contributed by atoms with van der Waals surface area (Å²) in [7, 11) is -2.42. The molecular formula is C41H41Cl4N5O7S3. The zero-order chi connectivity index (χ0) is 42.3. The van der Waals surface area contributed by atoms with Gasteiger partial charge in [0.2, 0.25) is 0 Å². The molecule has 0 radical (unpaired) electrons. The van der Waals surface area contributed by atoms with E-state index in [0.717, 1.165) is 77.6 Å². The first kappa shape index (κ1) is 43.5. The van der Waals surface area contributed by atoms with E-state index in [2.05, 4.69) is 11.9 Å². The lowest BCUT2D eigenvalue weighted by Gasteiger charge is -2.17. The number of rotatable bonds is 15. The summed E-state index contributed by atoms with van der Waals surface area (Å²) in [5, 5.41) is 36.6. The van der Waals surface area contributed by atoms with E-state index in [4.69, 9.17) is 66.1 Å². The second-order valence-electron chi connectivity index (χ2n) is 14.8. The van der Waals surface area contributed by atoms with E-state index in [1.807, 2.05) is 22.2 Å². The molecule has 2 aliphatic rings. The molecule has 0 fully saturated rings. The van der Waals surface area contributed by atoms with Crippen molar-refractivity contribution in [2.45, 2.75) is 67.8 Å². The standard InChI is InChI=1S/C41H41Cl4N5O7S3/c1-48(15-4-2-6-31(51)36-25-12-17-56-33-14-19-58-40(33)38(25)49(46-36)29-10-8-23(42)20-27(29)44)16-5-3-7-32(52)37-26-13-18-57-34-22-35(60(53,54)55)59-41(34)39(26)50(47-37)30-11-9-24(43)21-28(30)45/h8-11,14,19-22,31-32,51-52H,2-7,12-13,15-18H2,1H3,(H,53,54,55). The van der Waals surface area contributed by atoms with E-state index in [9.17, 15) is 23.2 Å². The third-order valence-electron chi connectivity index (χ3n) is 10.7. The molecule has 0 saturated heterocycles. The second kappa shape index (κ2) is 18.3. The predicted molar refractivity (Wildman–Crippen MR) is 237 cm³/mol. The molecule has 2 aliphatic heterocycles. The van der Waals surface area contributed by atoms with Crippen LogP contribution in [0, 0.1) is 0 Å². The monoisotopic (exact) mass is 951 g/mol. The Morgan fingerprint density at radius 2 is 1.27 bits per heavy atom. The maximum atomic E-state index is 12.1. The second-order valence-corrected chi connectivity index (χ2v) is 20.1. The van der Waals surface area contributed by atoms with Crippen LogP contribution in [0.4, 0.5) is 0 Å². The first-order valence-electron chi connectivity index (χ1n) is 19.4. The fourth-order valence-electron chi connectivity index (χ4n) is 7.77. The van der Waals surface area contributed by atoms with Crippen molar-refractivity contribution < 1.29 is 32.7 Å². The molecule has 318 valence electrons. The van der Waals surface area contributed by atoms with Gasteiger partial charge in [-0.15, -0.1) is 22.7 Å². The molecule has 0 amide bonds. The Hall–Kier alpha value is -3.19. The van der Waals surface area contributed by atoms with E-state index >= 15 is 0 Å². The number of unbranched alkanes of at least 4 members (excludes halogenated alkanes) is 2. The van der Waals surface area contributed by atoms with Crippen LogP contribution in [-0.4, -0.2) is 81.0 Å². The van der Waals surface area contributed by atoms with Gasteiger partial charge >= 0.3 is 10.1 Å². The smallest absolute Gasteiger partial charge is 0.304 e. The highest BCUT2D eigenvalue weighted by Crippen LogP contribution is 2.47. The first-order chi connectivity index (χ1) is 28.8. The van der Waals surface area contributed by atoms with Gasteiger partial charge in [0.1, 0.15) is 11.5 Å². The SMILES string of the molecule is CN(CCCCC(O)c1nn(-c2ccc(Cl)cc2Cl)c2c1CCOc1ccsc1-2)CCCCC(O)c1nn(-c2ccc(Cl)cc2Cl)c2c1CCOc1cc(S(=O)(=O)O)sc1-2. The van der Waals surface area contributed by atoms with Gasteiger partial charge in [0.15, 0.2) is 4.21 Å². The molecule has 19 heteroatoms. The van der Waals surface area contributed by atoms with Crippen molar-refractivity contribution in [3.8, 4) is 44.0 Å². The number of ether oxygens (including phenoxy) is 2. The third-order valence-corrected chi connectivity index (χ3v) is 15.1. The third kappa shape index (κ3) is 9.00. The lowest BCUT2D eigenvalue weighted by molar-refractivity contribution is 0.153. The molecule has 3 N–H and O–H groups in total. The molecule has 0 aliphatic carbocycles. The fourth-order valence-corrected chi connectivity index (χ4v) is 11.5. The van der Waals surface area contributed by atoms with Gasteiger partial charge in [-0.1, -0.05) is 46.4 Å². The van der Waals surface area contributed by atoms with E-state index in [1.165, 1.54) is 6.07 Å². The highest BCUT2D eigenvalue weighted by molar-refractivity contribution is 7.88. The lowest BCUT2D eigenvalue weighted by atomic mass is 10.0. The maximum absolute atomic E-state index is 12.1. The Morgan fingerprint density at radius 3 is 1.78 bits per heavy atom. The number of fused-ring (bicyclic) bond motifs is 6. The van der Waals surface area contributed by atoms with E-state index in [-0.39, 0.29) is 10.8 Å². The quantitative estimate of drug-likeness (QED) is 0.0670. The average Bonchev–Trinajstić information content (AvgIpc) is 3.96. The number of nitrogens with zero attached hydrogens (tertiary/aromatic N) is 5. The van der Waals surface area contributed by atoms with Crippen LogP contribution in [0.5, 0.6) is 11.5 Å². The van der Waals surface area contributed by atoms with E-state index < -0.39 is 22.3 Å². The Morgan fingerprint density at radius 1 is 0.750 bits per heavy atom. The molecule has 0 bridgehead atoms. The fraction of sp³-hybridized carbons (Fsp3) is 0.366. The van der Waals surface area contributed by atoms with Gasteiger partial charge < -0.3 is 24.6 Å². The summed E-state index contributed by atoms with van der Waals surface area (Å²) in [6.45, 7) is 2.35. The van der Waals surface area contributed by atoms with Gasteiger partial charge in [0.05, 0.1) is 79.4 Å². The minimum absolute atomic E-state index is 0.220. The van der Waals surface area contributed by atoms with Crippen LogP contribution in [0.25, 0.3) is 32.5 Å². The van der Waals surface area contributed by atoms with Gasteiger partial charge in [-0.25, -0.2) is 9.36 Å². The number of aliphatic hydroxyl groups is 2. The molecule has 4 aromatic heterocycles. The molecular weight excluding hydrogens is 912 g/mol. The number of benzene rings is 2. The zero-order valence-corrected chi connectivity index (χ0v) is 37.8. The Bertz CT molecular complexity index is 2640. The van der Waals surface area contributed by atoms with Crippen LogP contribution in [0.3, 0.4) is 0 Å². The van der Waals surface area contributed by atoms with Gasteiger partial charge in [-0.05, 0) is 107 Å². The van der Waals surface area contributed by atoms with Crippen LogP contribution < -0.4 is 9.47 Å². The summed E-state index contributed by atoms with van der Waals surface area (Å²) in [6, 6.07) is 13.5. The molecule has 8 rings (SSSR count). The van der Waals surface area contributed by atoms with Crippen molar-refractivity contribution in [1.29, 1.82) is 0 Å². The largest absolute Gasteiger partial charge is 0.492 e. The Balaban J connectivity index is 0.888. The number of aromatic nitrogens is 4. The summed E-state index contributed by atoms with van der Waals surface area (Å²) in [4.78, 5) is 3.66. The molecule has 2 atom stereocenters.